The van der Waals surface area contributed by atoms with Gasteiger partial charge in [-0.25, -0.2) is 0 Å². The van der Waals surface area contributed by atoms with Crippen molar-refractivity contribution in [3.05, 3.63) is 29.3 Å². The molecule has 126 valence electrons. The van der Waals surface area contributed by atoms with Gasteiger partial charge in [0.25, 0.3) is 0 Å². The Balaban J connectivity index is 1.73. The van der Waals surface area contributed by atoms with Crippen LogP contribution in [-0.4, -0.2) is 42.1 Å². The number of likely N-dealkylation sites (tertiary alicyclic amines) is 1. The highest BCUT2D eigenvalue weighted by molar-refractivity contribution is 5.94. The fraction of sp³-hybridized carbons (Fsp3) is 0.632. The lowest BCUT2D eigenvalue weighted by atomic mass is 9.96. The second-order valence-corrected chi connectivity index (χ2v) is 6.77. The molecule has 1 aromatic rings. The Morgan fingerprint density at radius 2 is 1.96 bits per heavy atom. The third kappa shape index (κ3) is 3.75. The summed E-state index contributed by atoms with van der Waals surface area (Å²) in [6.45, 7) is 5.64. The number of β-amino-alcohol motifs (C(OH)–C–C–N with tert-alkyl or cyclic N) is 1. The lowest BCUT2D eigenvalue weighted by Crippen LogP contribution is -2.35. The molecule has 0 bridgehead atoms. The topological polar surface area (TPSA) is 43.8 Å². The molecule has 1 unspecified atom stereocenters. The van der Waals surface area contributed by atoms with Gasteiger partial charge in [0, 0.05) is 25.2 Å². The third-order valence-electron chi connectivity index (χ3n) is 5.09. The lowest BCUT2D eigenvalue weighted by molar-refractivity contribution is -0.118. The van der Waals surface area contributed by atoms with E-state index in [-0.39, 0.29) is 5.91 Å². The molecule has 1 amide bonds. The molecule has 2 heterocycles. The van der Waals surface area contributed by atoms with E-state index >= 15 is 0 Å². The van der Waals surface area contributed by atoms with Crippen LogP contribution in [0, 0.1) is 0 Å². The van der Waals surface area contributed by atoms with Crippen LogP contribution < -0.4 is 4.90 Å². The lowest BCUT2D eigenvalue weighted by Gasteiger charge is -2.31. The molecule has 0 spiro atoms. The predicted octanol–water partition coefficient (Wildman–Crippen LogP) is 2.90. The summed E-state index contributed by atoms with van der Waals surface area (Å²) in [5.41, 5.74) is 3.23. The van der Waals surface area contributed by atoms with Gasteiger partial charge in [0.1, 0.15) is 0 Å². The normalized spacial score (nSPS) is 20.2. The van der Waals surface area contributed by atoms with Crippen molar-refractivity contribution in [1.29, 1.82) is 0 Å². The van der Waals surface area contributed by atoms with Gasteiger partial charge in [0.15, 0.2) is 0 Å². The summed E-state index contributed by atoms with van der Waals surface area (Å²) in [7, 11) is 0. The monoisotopic (exact) mass is 316 g/mol. The SMILES string of the molecule is CCC(=O)N1CCCc2cc(C(O)CN3CCCCC3)ccc21. The van der Waals surface area contributed by atoms with Crippen molar-refractivity contribution < 1.29 is 9.90 Å². The molecule has 4 nitrogen and oxygen atoms in total. The Morgan fingerprint density at radius 3 is 2.70 bits per heavy atom. The van der Waals surface area contributed by atoms with E-state index < -0.39 is 6.10 Å². The molecule has 0 aliphatic carbocycles. The van der Waals surface area contributed by atoms with E-state index in [1.54, 1.807) is 0 Å². The summed E-state index contributed by atoms with van der Waals surface area (Å²) < 4.78 is 0. The summed E-state index contributed by atoms with van der Waals surface area (Å²) in [6, 6.07) is 6.13. The van der Waals surface area contributed by atoms with Crippen molar-refractivity contribution in [3.8, 4) is 0 Å². The van der Waals surface area contributed by atoms with Gasteiger partial charge in [-0.3, -0.25) is 4.79 Å². The first kappa shape index (κ1) is 16.5. The zero-order valence-electron chi connectivity index (χ0n) is 14.1. The highest BCUT2D eigenvalue weighted by Gasteiger charge is 2.23. The Bertz CT molecular complexity index is 552. The highest BCUT2D eigenvalue weighted by atomic mass is 16.3. The van der Waals surface area contributed by atoms with E-state index in [4.69, 9.17) is 0 Å². The van der Waals surface area contributed by atoms with Gasteiger partial charge < -0.3 is 14.9 Å². The Morgan fingerprint density at radius 1 is 1.17 bits per heavy atom. The number of piperidine rings is 1. The highest BCUT2D eigenvalue weighted by Crippen LogP contribution is 2.30. The molecule has 1 N–H and O–H groups in total. The first-order valence-corrected chi connectivity index (χ1v) is 9.02. The molecule has 1 aromatic carbocycles. The van der Waals surface area contributed by atoms with E-state index in [1.807, 2.05) is 24.0 Å². The standard InChI is InChI=1S/C19H28N2O2/c1-2-19(23)21-12-6-7-15-13-16(8-9-17(15)21)18(22)14-20-10-4-3-5-11-20/h8-9,13,18,22H,2-7,10-12,14H2,1H3. The fourth-order valence-corrected chi connectivity index (χ4v) is 3.77. The van der Waals surface area contributed by atoms with E-state index in [0.29, 0.717) is 6.42 Å². The minimum Gasteiger partial charge on any atom is -0.387 e. The van der Waals surface area contributed by atoms with Crippen LogP contribution in [0.2, 0.25) is 0 Å². The van der Waals surface area contributed by atoms with Gasteiger partial charge in [0.2, 0.25) is 5.91 Å². The van der Waals surface area contributed by atoms with Gasteiger partial charge in [-0.15, -0.1) is 0 Å². The van der Waals surface area contributed by atoms with Crippen LogP contribution in [0.1, 0.15) is 56.3 Å². The zero-order valence-corrected chi connectivity index (χ0v) is 14.1. The van der Waals surface area contributed by atoms with Crippen LogP contribution in [0.15, 0.2) is 18.2 Å². The van der Waals surface area contributed by atoms with E-state index in [2.05, 4.69) is 11.0 Å². The van der Waals surface area contributed by atoms with E-state index in [9.17, 15) is 9.90 Å². The van der Waals surface area contributed by atoms with Gasteiger partial charge in [0.05, 0.1) is 6.10 Å². The zero-order chi connectivity index (χ0) is 16.2. The van der Waals surface area contributed by atoms with Crippen molar-refractivity contribution in [2.75, 3.05) is 31.1 Å². The second-order valence-electron chi connectivity index (χ2n) is 6.77. The first-order chi connectivity index (χ1) is 11.2. The largest absolute Gasteiger partial charge is 0.387 e. The number of nitrogens with zero attached hydrogens (tertiary/aromatic N) is 2. The quantitative estimate of drug-likeness (QED) is 0.929. The molecule has 0 radical (unpaired) electrons. The molecule has 23 heavy (non-hydrogen) atoms. The second kappa shape index (κ2) is 7.45. The minimum atomic E-state index is -0.435. The molecule has 2 aliphatic heterocycles. The number of rotatable bonds is 4. The maximum absolute atomic E-state index is 12.1. The van der Waals surface area contributed by atoms with Crippen LogP contribution in [-0.2, 0) is 11.2 Å². The number of carbonyl (C=O) groups is 1. The van der Waals surface area contributed by atoms with Crippen LogP contribution >= 0.6 is 0 Å². The Hall–Kier alpha value is -1.39. The third-order valence-corrected chi connectivity index (χ3v) is 5.09. The molecule has 2 aliphatic rings. The maximum Gasteiger partial charge on any atom is 0.226 e. The van der Waals surface area contributed by atoms with Crippen molar-refractivity contribution in [2.24, 2.45) is 0 Å². The number of aryl methyl sites for hydroxylation is 1. The van der Waals surface area contributed by atoms with E-state index in [0.717, 1.165) is 50.3 Å². The average Bonchev–Trinajstić information content (AvgIpc) is 2.60. The molecular weight excluding hydrogens is 288 g/mol. The number of hydrogen-bond acceptors (Lipinski definition) is 3. The molecule has 1 saturated heterocycles. The molecule has 4 heteroatoms. The minimum absolute atomic E-state index is 0.188. The Kier molecular flexibility index (Phi) is 5.34. The summed E-state index contributed by atoms with van der Waals surface area (Å²) in [5.74, 6) is 0.188. The number of hydrogen-bond donors (Lipinski definition) is 1. The molecule has 1 atom stereocenters. The predicted molar refractivity (Wildman–Crippen MR) is 92.7 cm³/mol. The maximum atomic E-state index is 12.1. The van der Waals surface area contributed by atoms with Gasteiger partial charge in [-0.05, 0) is 56.0 Å². The summed E-state index contributed by atoms with van der Waals surface area (Å²) >= 11 is 0. The number of fused-ring (bicyclic) bond motifs is 1. The molecule has 0 aromatic heterocycles. The number of benzene rings is 1. The molecule has 1 fully saturated rings. The summed E-state index contributed by atoms with van der Waals surface area (Å²) in [4.78, 5) is 16.3. The fourth-order valence-electron chi connectivity index (χ4n) is 3.77. The van der Waals surface area contributed by atoms with Crippen molar-refractivity contribution in [3.63, 3.8) is 0 Å². The van der Waals surface area contributed by atoms with Crippen LogP contribution in [0.25, 0.3) is 0 Å². The number of aliphatic hydroxyl groups is 1. The summed E-state index contributed by atoms with van der Waals surface area (Å²) in [5, 5.41) is 10.6. The number of carbonyl (C=O) groups excluding carboxylic acids is 1. The number of aliphatic hydroxyl groups excluding tert-OH is 1. The number of amides is 1. The molecule has 0 saturated carbocycles. The average molecular weight is 316 g/mol. The smallest absolute Gasteiger partial charge is 0.226 e. The summed E-state index contributed by atoms with van der Waals surface area (Å²) in [6.07, 6.45) is 5.90. The van der Waals surface area contributed by atoms with E-state index in [1.165, 1.54) is 24.8 Å². The van der Waals surface area contributed by atoms with Crippen molar-refractivity contribution in [1.82, 2.24) is 4.90 Å². The van der Waals surface area contributed by atoms with Crippen LogP contribution in [0.5, 0.6) is 0 Å². The number of anilines is 1. The van der Waals surface area contributed by atoms with Crippen molar-refractivity contribution >= 4 is 11.6 Å². The molecular formula is C19H28N2O2. The van der Waals surface area contributed by atoms with Gasteiger partial charge >= 0.3 is 0 Å². The van der Waals surface area contributed by atoms with Crippen LogP contribution in [0.4, 0.5) is 5.69 Å². The van der Waals surface area contributed by atoms with Crippen LogP contribution in [0.3, 0.4) is 0 Å². The van der Waals surface area contributed by atoms with Gasteiger partial charge in [-0.1, -0.05) is 25.5 Å². The first-order valence-electron chi connectivity index (χ1n) is 9.02. The Labute approximate surface area is 139 Å². The molecule has 3 rings (SSSR count). The van der Waals surface area contributed by atoms with Crippen molar-refractivity contribution in [2.45, 2.75) is 51.6 Å². The van der Waals surface area contributed by atoms with Gasteiger partial charge in [-0.2, -0.15) is 0 Å².